The third-order valence-electron chi connectivity index (χ3n) is 4.17. The molecule has 0 saturated carbocycles. The van der Waals surface area contributed by atoms with Crippen LogP contribution >= 0.6 is 38.5 Å². The highest BCUT2D eigenvalue weighted by atomic mass is 127. The van der Waals surface area contributed by atoms with Gasteiger partial charge in [0.1, 0.15) is 18.2 Å². The van der Waals surface area contributed by atoms with Gasteiger partial charge in [-0.25, -0.2) is 9.82 Å². The van der Waals surface area contributed by atoms with E-state index in [-0.39, 0.29) is 18.3 Å². The quantitative estimate of drug-likeness (QED) is 0.312. The molecule has 1 N–H and O–H groups in total. The predicted octanol–water partition coefficient (Wildman–Crippen LogP) is 3.55. The zero-order valence-electron chi connectivity index (χ0n) is 15.5. The average molecular weight is 576 g/mol. The second-order valence-corrected chi connectivity index (χ2v) is 8.43. The fourth-order valence-corrected chi connectivity index (χ4v) is 4.52. The van der Waals surface area contributed by atoms with Crippen molar-refractivity contribution in [3.63, 3.8) is 0 Å². The lowest BCUT2D eigenvalue weighted by atomic mass is 10.2. The number of nitrogens with zero attached hydrogens (tertiary/aromatic N) is 2. The molecule has 1 heterocycles. The Morgan fingerprint density at radius 3 is 2.86 bits per heavy atom. The SMILES string of the molecule is O=C(CN1CCOCC1)N/N=C/c1cc(Br)c(OCc2cccc(F)c2)c(I)c1. The van der Waals surface area contributed by atoms with Crippen LogP contribution in [0.4, 0.5) is 4.39 Å². The molecule has 1 aliphatic rings. The van der Waals surface area contributed by atoms with Crippen molar-refractivity contribution in [2.45, 2.75) is 6.61 Å². The summed E-state index contributed by atoms with van der Waals surface area (Å²) in [6.07, 6.45) is 1.58. The lowest BCUT2D eigenvalue weighted by Crippen LogP contribution is -2.42. The summed E-state index contributed by atoms with van der Waals surface area (Å²) in [6.45, 7) is 3.36. The fraction of sp³-hybridized carbons (Fsp3) is 0.300. The average Bonchev–Trinajstić information content (AvgIpc) is 2.68. The molecule has 0 atom stereocenters. The van der Waals surface area contributed by atoms with E-state index in [1.165, 1.54) is 12.1 Å². The Balaban J connectivity index is 1.55. The molecule has 1 fully saturated rings. The van der Waals surface area contributed by atoms with Crippen LogP contribution in [-0.4, -0.2) is 49.9 Å². The maximum Gasteiger partial charge on any atom is 0.254 e. The molecule has 0 spiro atoms. The van der Waals surface area contributed by atoms with E-state index in [1.54, 1.807) is 12.3 Å². The highest BCUT2D eigenvalue weighted by molar-refractivity contribution is 14.1. The molecule has 154 valence electrons. The molecule has 0 unspecified atom stereocenters. The Hall–Kier alpha value is -1.56. The van der Waals surface area contributed by atoms with Gasteiger partial charge in [-0.05, 0) is 73.9 Å². The molecule has 2 aromatic rings. The molecule has 9 heteroatoms. The summed E-state index contributed by atoms with van der Waals surface area (Å²) in [6, 6.07) is 10.1. The lowest BCUT2D eigenvalue weighted by Gasteiger charge is -2.25. The van der Waals surface area contributed by atoms with Gasteiger partial charge in [-0.15, -0.1) is 0 Å². The summed E-state index contributed by atoms with van der Waals surface area (Å²) < 4.78 is 26.0. The number of morpholine rings is 1. The van der Waals surface area contributed by atoms with Crippen molar-refractivity contribution in [3.8, 4) is 5.75 Å². The number of carbonyl (C=O) groups excluding carboxylic acids is 1. The molecule has 1 amide bonds. The molecular formula is C20H20BrFIN3O3. The minimum atomic E-state index is -0.290. The summed E-state index contributed by atoms with van der Waals surface area (Å²) in [5, 5.41) is 4.03. The third-order valence-corrected chi connectivity index (χ3v) is 5.56. The first kappa shape index (κ1) is 22.1. The number of hydrazone groups is 1. The van der Waals surface area contributed by atoms with Crippen molar-refractivity contribution in [2.75, 3.05) is 32.8 Å². The van der Waals surface area contributed by atoms with Gasteiger partial charge in [0, 0.05) is 13.1 Å². The second kappa shape index (κ2) is 11.0. The van der Waals surface area contributed by atoms with Gasteiger partial charge in [-0.3, -0.25) is 9.69 Å². The third kappa shape index (κ3) is 7.02. The van der Waals surface area contributed by atoms with Crippen LogP contribution in [0.3, 0.4) is 0 Å². The van der Waals surface area contributed by atoms with Crippen molar-refractivity contribution in [3.05, 3.63) is 61.4 Å². The molecule has 3 rings (SSSR count). The zero-order valence-corrected chi connectivity index (χ0v) is 19.3. The minimum absolute atomic E-state index is 0.160. The Morgan fingerprint density at radius 1 is 1.34 bits per heavy atom. The molecule has 0 aliphatic carbocycles. The van der Waals surface area contributed by atoms with Gasteiger partial charge in [0.2, 0.25) is 0 Å². The number of nitrogens with one attached hydrogen (secondary N) is 1. The van der Waals surface area contributed by atoms with Gasteiger partial charge >= 0.3 is 0 Å². The zero-order chi connectivity index (χ0) is 20.6. The predicted molar refractivity (Wildman–Crippen MR) is 121 cm³/mol. The second-order valence-electron chi connectivity index (χ2n) is 6.41. The van der Waals surface area contributed by atoms with Crippen LogP contribution in [-0.2, 0) is 16.1 Å². The largest absolute Gasteiger partial charge is 0.487 e. The molecule has 29 heavy (non-hydrogen) atoms. The van der Waals surface area contributed by atoms with Crippen molar-refractivity contribution in [1.29, 1.82) is 0 Å². The monoisotopic (exact) mass is 575 g/mol. The van der Waals surface area contributed by atoms with Crippen LogP contribution in [0.25, 0.3) is 0 Å². The van der Waals surface area contributed by atoms with E-state index >= 15 is 0 Å². The summed E-state index contributed by atoms with van der Waals surface area (Å²) >= 11 is 5.67. The molecule has 0 radical (unpaired) electrons. The van der Waals surface area contributed by atoms with E-state index in [1.807, 2.05) is 23.1 Å². The number of ether oxygens (including phenoxy) is 2. The van der Waals surface area contributed by atoms with Crippen molar-refractivity contribution >= 4 is 50.6 Å². The first-order valence-corrected chi connectivity index (χ1v) is 10.9. The van der Waals surface area contributed by atoms with Gasteiger partial charge in [-0.2, -0.15) is 5.10 Å². The Kier molecular flexibility index (Phi) is 8.40. The number of carbonyl (C=O) groups is 1. The number of hydrogen-bond donors (Lipinski definition) is 1. The van der Waals surface area contributed by atoms with Crippen molar-refractivity contribution in [2.24, 2.45) is 5.10 Å². The van der Waals surface area contributed by atoms with Crippen LogP contribution in [0, 0.1) is 9.39 Å². The Bertz CT molecular complexity index is 868. The van der Waals surface area contributed by atoms with Crippen LogP contribution in [0.5, 0.6) is 5.75 Å². The van der Waals surface area contributed by atoms with E-state index in [9.17, 15) is 9.18 Å². The summed E-state index contributed by atoms with van der Waals surface area (Å²) in [4.78, 5) is 14.0. The highest BCUT2D eigenvalue weighted by Gasteiger charge is 2.13. The van der Waals surface area contributed by atoms with Crippen LogP contribution < -0.4 is 10.2 Å². The van der Waals surface area contributed by atoms with Crippen molar-refractivity contribution in [1.82, 2.24) is 10.3 Å². The topological polar surface area (TPSA) is 63.2 Å². The van der Waals surface area contributed by atoms with E-state index < -0.39 is 0 Å². The van der Waals surface area contributed by atoms with Gasteiger partial charge in [0.05, 0.1) is 34.0 Å². The van der Waals surface area contributed by atoms with E-state index in [0.29, 0.717) is 25.5 Å². The van der Waals surface area contributed by atoms with Crippen LogP contribution in [0.2, 0.25) is 0 Å². The fourth-order valence-electron chi connectivity index (χ4n) is 2.75. The highest BCUT2D eigenvalue weighted by Crippen LogP contribution is 2.32. The summed E-state index contributed by atoms with van der Waals surface area (Å²) in [5.41, 5.74) is 4.11. The van der Waals surface area contributed by atoms with E-state index in [2.05, 4.69) is 49.0 Å². The van der Waals surface area contributed by atoms with E-state index in [0.717, 1.165) is 32.3 Å². The molecule has 6 nitrogen and oxygen atoms in total. The minimum Gasteiger partial charge on any atom is -0.487 e. The first-order valence-electron chi connectivity index (χ1n) is 8.99. The standard InChI is InChI=1S/C20H20BrFIN3O3/c21-17-9-15(11-24-25-19(27)12-26-4-6-28-7-5-26)10-18(23)20(17)29-13-14-2-1-3-16(22)8-14/h1-3,8-11H,4-7,12-13H2,(H,25,27)/b24-11+. The van der Waals surface area contributed by atoms with Gasteiger partial charge in [0.15, 0.2) is 0 Å². The van der Waals surface area contributed by atoms with Crippen molar-refractivity contribution < 1.29 is 18.7 Å². The Morgan fingerprint density at radius 2 is 2.14 bits per heavy atom. The van der Waals surface area contributed by atoms with Gasteiger partial charge in [0.25, 0.3) is 5.91 Å². The van der Waals surface area contributed by atoms with Crippen LogP contribution in [0.15, 0.2) is 46.0 Å². The molecule has 1 aliphatic heterocycles. The smallest absolute Gasteiger partial charge is 0.254 e. The number of rotatable bonds is 7. The molecule has 1 saturated heterocycles. The number of halogens is 3. The molecule has 0 bridgehead atoms. The van der Waals surface area contributed by atoms with Crippen LogP contribution in [0.1, 0.15) is 11.1 Å². The molecular weight excluding hydrogens is 556 g/mol. The lowest BCUT2D eigenvalue weighted by molar-refractivity contribution is -0.123. The van der Waals surface area contributed by atoms with E-state index in [4.69, 9.17) is 9.47 Å². The maximum atomic E-state index is 13.3. The first-order chi connectivity index (χ1) is 14.0. The number of amides is 1. The summed E-state index contributed by atoms with van der Waals surface area (Å²) in [7, 11) is 0. The Labute approximate surface area is 190 Å². The van der Waals surface area contributed by atoms with Gasteiger partial charge < -0.3 is 9.47 Å². The maximum absolute atomic E-state index is 13.3. The molecule has 2 aromatic carbocycles. The number of hydrogen-bond acceptors (Lipinski definition) is 5. The number of benzene rings is 2. The van der Waals surface area contributed by atoms with Gasteiger partial charge in [-0.1, -0.05) is 12.1 Å². The normalized spacial score (nSPS) is 14.9. The summed E-state index contributed by atoms with van der Waals surface area (Å²) in [5.74, 6) is 0.220. The molecule has 0 aromatic heterocycles.